The first-order chi connectivity index (χ1) is 27.7. The first-order valence-corrected chi connectivity index (χ1v) is 20.1. The summed E-state index contributed by atoms with van der Waals surface area (Å²) in [6, 6.07) is 60.4. The largest absolute Gasteiger partial charge is 0.306 e. The van der Waals surface area contributed by atoms with E-state index in [1.54, 1.807) is 22.7 Å². The smallest absolute Gasteiger partial charge is 0.104 e. The molecule has 0 fully saturated rings. The molecular weight excluding hydrogens is 721 g/mol. The summed E-state index contributed by atoms with van der Waals surface area (Å²) < 4.78 is 9.48. The third kappa shape index (κ3) is 4.15. The first-order valence-electron chi connectivity index (χ1n) is 18.5. The van der Waals surface area contributed by atoms with E-state index in [-0.39, 0.29) is 0 Å². The van der Waals surface area contributed by atoms with E-state index >= 15 is 0 Å². The molecule has 0 radical (unpaired) electrons. The van der Waals surface area contributed by atoms with Gasteiger partial charge < -0.3 is 9.13 Å². The molecule has 8 aromatic carbocycles. The number of aromatic nitrogens is 2. The minimum Gasteiger partial charge on any atom is -0.306 e. The molecule has 0 amide bonds. The summed E-state index contributed by atoms with van der Waals surface area (Å²) >= 11 is 3.60. The number of thiophene rings is 2. The quantitative estimate of drug-likeness (QED) is 0.181. The number of nitriles is 2. The highest BCUT2D eigenvalue weighted by Crippen LogP contribution is 2.48. The fourth-order valence-electron chi connectivity index (χ4n) is 9.04. The van der Waals surface area contributed by atoms with Crippen LogP contribution in [-0.2, 0) is 0 Å². The van der Waals surface area contributed by atoms with Gasteiger partial charge in [0.2, 0.25) is 0 Å². The van der Waals surface area contributed by atoms with Crippen LogP contribution in [0.1, 0.15) is 11.1 Å². The predicted octanol–water partition coefficient (Wildman–Crippen LogP) is 14.0. The molecule has 12 rings (SSSR count). The second kappa shape index (κ2) is 11.6. The maximum absolute atomic E-state index is 11.7. The van der Waals surface area contributed by atoms with E-state index in [0.29, 0.717) is 11.1 Å². The van der Waals surface area contributed by atoms with Crippen molar-refractivity contribution in [2.45, 2.75) is 0 Å². The van der Waals surface area contributed by atoms with Crippen LogP contribution in [-0.4, -0.2) is 9.13 Å². The summed E-state index contributed by atoms with van der Waals surface area (Å²) in [5, 5.41) is 31.1. The first kappa shape index (κ1) is 31.2. The molecule has 0 bridgehead atoms. The van der Waals surface area contributed by atoms with E-state index in [4.69, 9.17) is 0 Å². The highest BCUT2D eigenvalue weighted by molar-refractivity contribution is 7.27. The maximum Gasteiger partial charge on any atom is 0.104 e. The van der Waals surface area contributed by atoms with E-state index < -0.39 is 0 Å². The average molecular weight is 747 g/mol. The minimum atomic E-state index is 0.561. The SMILES string of the molecule is N#Cc1cccc(-c2ccc(-n3c4ccccc4c4ccc5c6ccccc6sc5c43)c(C#N)c2-n2c3ccccc3c3ccc4c5ccccc5sc4c32)c1. The molecule has 0 spiro atoms. The van der Waals surface area contributed by atoms with Gasteiger partial charge in [-0.25, -0.2) is 0 Å². The van der Waals surface area contributed by atoms with Gasteiger partial charge in [-0.15, -0.1) is 22.7 Å². The van der Waals surface area contributed by atoms with Crippen molar-refractivity contribution in [3.05, 3.63) is 169 Å². The van der Waals surface area contributed by atoms with Gasteiger partial charge in [-0.3, -0.25) is 0 Å². The Morgan fingerprint density at radius 3 is 1.57 bits per heavy atom. The van der Waals surface area contributed by atoms with Gasteiger partial charge in [-0.1, -0.05) is 115 Å². The Kier molecular flexibility index (Phi) is 6.48. The molecule has 56 heavy (non-hydrogen) atoms. The zero-order valence-electron chi connectivity index (χ0n) is 29.6. The zero-order chi connectivity index (χ0) is 37.1. The molecule has 0 N–H and O–H groups in total. The lowest BCUT2D eigenvalue weighted by Gasteiger charge is -2.20. The normalized spacial score (nSPS) is 11.9. The summed E-state index contributed by atoms with van der Waals surface area (Å²) in [5.41, 5.74) is 8.74. The summed E-state index contributed by atoms with van der Waals surface area (Å²) in [7, 11) is 0. The summed E-state index contributed by atoms with van der Waals surface area (Å²) in [6.45, 7) is 0. The van der Waals surface area contributed by atoms with E-state index in [2.05, 4.69) is 155 Å². The summed E-state index contributed by atoms with van der Waals surface area (Å²) in [4.78, 5) is 0. The predicted molar refractivity (Wildman–Crippen MR) is 236 cm³/mol. The van der Waals surface area contributed by atoms with Crippen LogP contribution < -0.4 is 0 Å². The van der Waals surface area contributed by atoms with Crippen LogP contribution in [0.5, 0.6) is 0 Å². The standard InChI is InChI=1S/C50H26N4S2/c51-27-29-10-9-11-30(26-29)31-24-25-43(53-41-16-5-1-12-32(41)36-20-22-38-34-14-3-7-18-44(34)55-49(38)47(36)53)40(28-52)46(31)54-42-17-6-2-13-33(42)37-21-23-39-35-15-4-8-19-45(35)56-50(39)48(37)54/h1-26H. The summed E-state index contributed by atoms with van der Waals surface area (Å²) in [6.07, 6.45) is 0. The van der Waals surface area contributed by atoms with Crippen LogP contribution in [0, 0.1) is 22.7 Å². The monoisotopic (exact) mass is 746 g/mol. The van der Waals surface area contributed by atoms with Crippen LogP contribution in [0.4, 0.5) is 0 Å². The molecule has 0 aliphatic carbocycles. The van der Waals surface area contributed by atoms with Gasteiger partial charge in [-0.2, -0.15) is 10.5 Å². The minimum absolute atomic E-state index is 0.561. The average Bonchev–Trinajstić information content (AvgIpc) is 4.01. The van der Waals surface area contributed by atoms with Gasteiger partial charge in [-0.05, 0) is 48.0 Å². The molecule has 6 heteroatoms. The number of fused-ring (bicyclic) bond motifs is 14. The molecular formula is C50H26N4S2. The molecule has 4 aromatic heterocycles. The molecule has 0 aliphatic rings. The van der Waals surface area contributed by atoms with Crippen LogP contribution >= 0.6 is 22.7 Å². The number of nitrogens with zero attached hydrogens (tertiary/aromatic N) is 4. The van der Waals surface area contributed by atoms with Gasteiger partial charge in [0.25, 0.3) is 0 Å². The van der Waals surface area contributed by atoms with Crippen molar-refractivity contribution in [1.29, 1.82) is 10.5 Å². The molecule has 4 heterocycles. The molecule has 4 nitrogen and oxygen atoms in total. The fourth-order valence-corrected chi connectivity index (χ4v) is 11.5. The highest BCUT2D eigenvalue weighted by atomic mass is 32.1. The number of hydrogen-bond acceptors (Lipinski definition) is 4. The third-order valence-corrected chi connectivity index (χ3v) is 13.8. The van der Waals surface area contributed by atoms with Crippen molar-refractivity contribution in [1.82, 2.24) is 9.13 Å². The number of hydrogen-bond donors (Lipinski definition) is 0. The topological polar surface area (TPSA) is 57.4 Å². The van der Waals surface area contributed by atoms with Gasteiger partial charge in [0.1, 0.15) is 11.6 Å². The lowest BCUT2D eigenvalue weighted by molar-refractivity contribution is 1.12. The van der Waals surface area contributed by atoms with Crippen LogP contribution in [0.25, 0.3) is 106 Å². The van der Waals surface area contributed by atoms with Crippen molar-refractivity contribution < 1.29 is 0 Å². The van der Waals surface area contributed by atoms with Crippen LogP contribution in [0.2, 0.25) is 0 Å². The van der Waals surface area contributed by atoms with Crippen molar-refractivity contribution in [3.8, 4) is 34.6 Å². The Labute approximate surface area is 328 Å². The van der Waals surface area contributed by atoms with Crippen molar-refractivity contribution in [2.24, 2.45) is 0 Å². The second-order valence-electron chi connectivity index (χ2n) is 14.2. The molecule has 12 aromatic rings. The van der Waals surface area contributed by atoms with Crippen LogP contribution in [0.3, 0.4) is 0 Å². The Hall–Kier alpha value is -7.22. The molecule has 0 aliphatic heterocycles. The number of rotatable bonds is 3. The van der Waals surface area contributed by atoms with Gasteiger partial charge in [0.15, 0.2) is 0 Å². The van der Waals surface area contributed by atoms with E-state index in [1.165, 1.54) is 40.3 Å². The van der Waals surface area contributed by atoms with Crippen molar-refractivity contribution in [2.75, 3.05) is 0 Å². The highest BCUT2D eigenvalue weighted by Gasteiger charge is 2.26. The lowest BCUT2D eigenvalue weighted by Crippen LogP contribution is -2.06. The Bertz CT molecular complexity index is 3750. The Morgan fingerprint density at radius 2 is 0.964 bits per heavy atom. The lowest BCUT2D eigenvalue weighted by atomic mass is 9.97. The molecule has 0 atom stereocenters. The Balaban J connectivity index is 1.30. The third-order valence-electron chi connectivity index (χ3n) is 11.4. The van der Waals surface area contributed by atoms with E-state index in [9.17, 15) is 10.5 Å². The van der Waals surface area contributed by atoms with Gasteiger partial charge in [0.05, 0.1) is 54.5 Å². The molecule has 0 unspecified atom stereocenters. The number of para-hydroxylation sites is 2. The zero-order valence-corrected chi connectivity index (χ0v) is 31.2. The second-order valence-corrected chi connectivity index (χ2v) is 16.3. The maximum atomic E-state index is 11.7. The molecule has 0 saturated carbocycles. The Morgan fingerprint density at radius 1 is 0.429 bits per heavy atom. The molecule has 0 saturated heterocycles. The fraction of sp³-hybridized carbons (Fsp3) is 0. The van der Waals surface area contributed by atoms with Crippen molar-refractivity contribution >= 4 is 107 Å². The van der Waals surface area contributed by atoms with Crippen molar-refractivity contribution in [3.63, 3.8) is 0 Å². The van der Waals surface area contributed by atoms with E-state index in [1.807, 2.05) is 24.3 Å². The van der Waals surface area contributed by atoms with Gasteiger partial charge >= 0.3 is 0 Å². The molecule has 258 valence electrons. The summed E-state index contributed by atoms with van der Waals surface area (Å²) in [5.74, 6) is 0. The van der Waals surface area contributed by atoms with Gasteiger partial charge in [0, 0.05) is 58.1 Å². The van der Waals surface area contributed by atoms with E-state index in [0.717, 1.165) is 66.1 Å². The number of benzene rings is 8. The van der Waals surface area contributed by atoms with Crippen LogP contribution in [0.15, 0.2) is 158 Å².